The topological polar surface area (TPSA) is 170 Å². The molecule has 3 aromatic carbocycles. The number of para-hydroxylation sites is 1. The predicted octanol–water partition coefficient (Wildman–Crippen LogP) is 7.26. The molecule has 0 saturated carbocycles. The summed E-state index contributed by atoms with van der Waals surface area (Å²) in [4.78, 5) is 49.8. The van der Waals surface area contributed by atoms with E-state index >= 15 is 0 Å². The highest BCUT2D eigenvalue weighted by molar-refractivity contribution is 7.70. The van der Waals surface area contributed by atoms with Crippen molar-refractivity contribution in [1.29, 1.82) is 0 Å². The highest BCUT2D eigenvalue weighted by Crippen LogP contribution is 2.39. The Morgan fingerprint density at radius 2 is 1.67 bits per heavy atom. The van der Waals surface area contributed by atoms with Crippen LogP contribution < -0.4 is 41.5 Å². The van der Waals surface area contributed by atoms with Crippen LogP contribution in [0, 0.1) is 0 Å². The number of halogens is 1. The van der Waals surface area contributed by atoms with Crippen molar-refractivity contribution in [3.05, 3.63) is 83.0 Å². The molecule has 2 fully saturated rings. The monoisotopic (exact) mass is 855 g/mol. The lowest BCUT2D eigenvalue weighted by molar-refractivity contribution is -0.136. The van der Waals surface area contributed by atoms with Crippen molar-refractivity contribution in [2.75, 3.05) is 67.5 Å². The number of piperidine rings is 2. The Bertz CT molecular complexity index is 2250. The van der Waals surface area contributed by atoms with Crippen LogP contribution in [0.2, 0.25) is 5.02 Å². The molecule has 1 aromatic heterocycles. The van der Waals surface area contributed by atoms with Crippen molar-refractivity contribution < 1.29 is 23.7 Å². The predicted molar refractivity (Wildman–Crippen MR) is 239 cm³/mol. The van der Waals surface area contributed by atoms with Crippen LogP contribution in [0.4, 0.5) is 34.5 Å². The zero-order valence-corrected chi connectivity index (χ0v) is 36.2. The molecule has 3 amide bonds. The van der Waals surface area contributed by atoms with Crippen LogP contribution in [0.3, 0.4) is 0 Å². The lowest BCUT2D eigenvalue weighted by Crippen LogP contribution is -2.52. The second-order valence-corrected chi connectivity index (χ2v) is 19.7. The molecule has 16 heteroatoms. The van der Waals surface area contributed by atoms with E-state index in [1.807, 2.05) is 54.6 Å². The van der Waals surface area contributed by atoms with Gasteiger partial charge in [0, 0.05) is 67.0 Å². The van der Waals surface area contributed by atoms with Gasteiger partial charge in [-0.3, -0.25) is 19.7 Å². The number of imide groups is 1. The Morgan fingerprint density at radius 3 is 2.43 bits per heavy atom. The number of aromatic nitrogens is 2. The van der Waals surface area contributed by atoms with Crippen LogP contribution in [-0.2, 0) is 20.7 Å². The second kappa shape index (κ2) is 19.5. The summed E-state index contributed by atoms with van der Waals surface area (Å²) in [6.07, 6.45) is 10.1. The Morgan fingerprint density at radius 1 is 0.900 bits per heavy atom. The number of carbonyl (C=O) groups is 3. The molecule has 14 nitrogen and oxygen atoms in total. The maximum absolute atomic E-state index is 13.0. The van der Waals surface area contributed by atoms with Gasteiger partial charge in [0.25, 0.3) is 5.91 Å². The number of hydrogen-bond donors (Lipinski definition) is 5. The molecule has 0 radical (unpaired) electrons. The van der Waals surface area contributed by atoms with Gasteiger partial charge in [0.15, 0.2) is 5.82 Å². The summed E-state index contributed by atoms with van der Waals surface area (Å²) in [5.41, 5.74) is 5.05. The summed E-state index contributed by atoms with van der Waals surface area (Å²) in [7, 11) is -0.887. The standard InChI is InChI=1S/C44H55ClN9O5P/c1-59-38-26-32(14-16-35(38)50-44-48-27-34(45)41(52-44)49-36-11-7-8-12-39(36)60(2,3)58)53-23-19-30(20-24-53)46-21-9-5-4-6-10-22-47-31-13-15-33-29(25-31)28-54(43(33)57)37-17-18-40(55)51-42(37)56/h7-8,11-16,25-27,30,37,46-47H,4-6,9-10,17-24,28H2,1-3H3,(H,51,55,56)(H2,48,49,50,52). The van der Waals surface area contributed by atoms with E-state index in [9.17, 15) is 18.9 Å². The van der Waals surface area contributed by atoms with Gasteiger partial charge in [-0.05, 0) is 100 Å². The highest BCUT2D eigenvalue weighted by atomic mass is 35.5. The summed E-state index contributed by atoms with van der Waals surface area (Å²) >= 11 is 6.47. The van der Waals surface area contributed by atoms with Gasteiger partial charge in [0.2, 0.25) is 17.8 Å². The average molecular weight is 856 g/mol. The average Bonchev–Trinajstić information content (AvgIpc) is 3.56. The molecule has 7 rings (SSSR count). The summed E-state index contributed by atoms with van der Waals surface area (Å²) in [5, 5.41) is 17.2. The Balaban J connectivity index is 0.785. The molecule has 0 spiro atoms. The van der Waals surface area contributed by atoms with E-state index in [1.165, 1.54) is 19.0 Å². The van der Waals surface area contributed by atoms with Crippen molar-refractivity contribution in [2.45, 2.75) is 76.4 Å². The zero-order valence-electron chi connectivity index (χ0n) is 34.6. The fourth-order valence-electron chi connectivity index (χ4n) is 8.14. The number of benzene rings is 3. The molecule has 1 atom stereocenters. The van der Waals surface area contributed by atoms with E-state index in [1.54, 1.807) is 25.3 Å². The minimum Gasteiger partial charge on any atom is -0.494 e. The number of hydrogen-bond acceptors (Lipinski definition) is 12. The van der Waals surface area contributed by atoms with Crippen molar-refractivity contribution >= 4 is 76.3 Å². The number of methoxy groups -OCH3 is 1. The van der Waals surface area contributed by atoms with E-state index in [0.717, 1.165) is 86.2 Å². The quantitative estimate of drug-likeness (QED) is 0.0387. The van der Waals surface area contributed by atoms with Crippen LogP contribution >= 0.6 is 18.7 Å². The summed E-state index contributed by atoms with van der Waals surface area (Å²) in [5.74, 6) is 0.621. The van der Waals surface area contributed by atoms with Gasteiger partial charge in [-0.1, -0.05) is 43.0 Å². The first-order valence-corrected chi connectivity index (χ1v) is 23.8. The molecular weight excluding hydrogens is 801 g/mol. The summed E-state index contributed by atoms with van der Waals surface area (Å²) in [6.45, 7) is 7.65. The number of unbranched alkanes of at least 4 members (excludes halogenated alkanes) is 4. The lowest BCUT2D eigenvalue weighted by Gasteiger charge is -2.34. The van der Waals surface area contributed by atoms with Gasteiger partial charge in [0.1, 0.15) is 24.0 Å². The van der Waals surface area contributed by atoms with E-state index in [4.69, 9.17) is 16.3 Å². The molecule has 318 valence electrons. The SMILES string of the molecule is COc1cc(N2CCC(NCCCCCCCNc3ccc4c(c3)CN(C3CCC(=O)NC3=O)C4=O)CC2)ccc1Nc1ncc(Cl)c(Nc2ccccc2P(C)(C)=O)n1. The van der Waals surface area contributed by atoms with Crippen LogP contribution in [0.25, 0.3) is 0 Å². The number of nitrogens with one attached hydrogen (secondary N) is 5. The number of ether oxygens (including phenoxy) is 1. The molecule has 3 aliphatic heterocycles. The largest absolute Gasteiger partial charge is 0.494 e. The van der Waals surface area contributed by atoms with Gasteiger partial charge < -0.3 is 40.4 Å². The second-order valence-electron chi connectivity index (χ2n) is 16.1. The molecule has 0 bridgehead atoms. The molecule has 0 aliphatic carbocycles. The third kappa shape index (κ3) is 10.6. The Labute approximate surface area is 357 Å². The van der Waals surface area contributed by atoms with Crippen LogP contribution in [0.5, 0.6) is 5.75 Å². The van der Waals surface area contributed by atoms with Crippen molar-refractivity contribution in [3.8, 4) is 5.75 Å². The minimum atomic E-state index is -2.54. The number of fused-ring (bicyclic) bond motifs is 1. The third-order valence-electron chi connectivity index (χ3n) is 11.4. The zero-order chi connectivity index (χ0) is 42.2. The normalized spacial score (nSPS) is 17.1. The van der Waals surface area contributed by atoms with Gasteiger partial charge in [-0.15, -0.1) is 0 Å². The third-order valence-corrected chi connectivity index (χ3v) is 13.2. The fraction of sp³-hybridized carbons (Fsp3) is 0.432. The smallest absolute Gasteiger partial charge is 0.255 e. The molecule has 60 heavy (non-hydrogen) atoms. The summed E-state index contributed by atoms with van der Waals surface area (Å²) < 4.78 is 18.7. The van der Waals surface area contributed by atoms with E-state index in [2.05, 4.69) is 47.5 Å². The summed E-state index contributed by atoms with van der Waals surface area (Å²) in [6, 6.07) is 19.3. The van der Waals surface area contributed by atoms with Crippen molar-refractivity contribution in [1.82, 2.24) is 25.5 Å². The fourth-order valence-corrected chi connectivity index (χ4v) is 9.43. The first kappa shape index (κ1) is 42.9. The first-order chi connectivity index (χ1) is 29.0. The molecule has 1 unspecified atom stereocenters. The molecule has 2 saturated heterocycles. The highest BCUT2D eigenvalue weighted by Gasteiger charge is 2.39. The van der Waals surface area contributed by atoms with E-state index in [0.29, 0.717) is 52.8 Å². The Kier molecular flexibility index (Phi) is 13.9. The van der Waals surface area contributed by atoms with E-state index in [-0.39, 0.29) is 24.1 Å². The van der Waals surface area contributed by atoms with Crippen molar-refractivity contribution in [2.24, 2.45) is 0 Å². The number of rotatable bonds is 18. The van der Waals surface area contributed by atoms with E-state index < -0.39 is 13.2 Å². The first-order valence-electron chi connectivity index (χ1n) is 20.9. The molecule has 5 N–H and O–H groups in total. The molecule has 4 aromatic rings. The van der Waals surface area contributed by atoms with Crippen LogP contribution in [0.15, 0.2) is 66.9 Å². The number of nitrogens with zero attached hydrogens (tertiary/aromatic N) is 4. The number of amides is 3. The maximum atomic E-state index is 13.0. The molecule has 3 aliphatic rings. The number of carbonyl (C=O) groups excluding carboxylic acids is 3. The molecule has 4 heterocycles. The van der Waals surface area contributed by atoms with Gasteiger partial charge in [-0.2, -0.15) is 4.98 Å². The maximum Gasteiger partial charge on any atom is 0.255 e. The van der Waals surface area contributed by atoms with Crippen LogP contribution in [-0.4, -0.2) is 91.3 Å². The van der Waals surface area contributed by atoms with Gasteiger partial charge in [-0.25, -0.2) is 4.98 Å². The van der Waals surface area contributed by atoms with Gasteiger partial charge >= 0.3 is 0 Å². The van der Waals surface area contributed by atoms with Gasteiger partial charge in [0.05, 0.1) is 24.7 Å². The molecular formula is C44H55ClN9O5P. The van der Waals surface area contributed by atoms with Crippen LogP contribution in [0.1, 0.15) is 73.7 Å². The number of anilines is 6. The lowest BCUT2D eigenvalue weighted by atomic mass is 10.0. The minimum absolute atomic E-state index is 0.147. The van der Waals surface area contributed by atoms with Crippen molar-refractivity contribution in [3.63, 3.8) is 0 Å². The Hall–Kier alpha value is -5.17.